The van der Waals surface area contributed by atoms with Crippen LogP contribution in [0.25, 0.3) is 0 Å². The molecule has 0 aliphatic rings. The quantitative estimate of drug-likeness (QED) is 0.570. The van der Waals surface area contributed by atoms with Crippen LogP contribution in [0, 0.1) is 0 Å². The highest BCUT2D eigenvalue weighted by Crippen LogP contribution is 2.44. The molecule has 0 bridgehead atoms. The van der Waals surface area contributed by atoms with Gasteiger partial charge in [-0.2, -0.15) is 0 Å². The highest BCUT2D eigenvalue weighted by Gasteiger charge is 2.17. The van der Waals surface area contributed by atoms with Crippen molar-refractivity contribution in [1.29, 1.82) is 0 Å². The zero-order chi connectivity index (χ0) is 16.1. The Morgan fingerprint density at radius 3 is 1.74 bits per heavy atom. The third-order valence-corrected chi connectivity index (χ3v) is 3.85. The minimum atomic E-state index is 0.0319. The topological polar surface area (TPSA) is 38.7 Å². The molecule has 0 heterocycles. The summed E-state index contributed by atoms with van der Waals surface area (Å²) in [6, 6.07) is 22.1. The Morgan fingerprint density at radius 2 is 1.22 bits per heavy atom. The van der Waals surface area contributed by atoms with E-state index in [0.29, 0.717) is 28.3 Å². The first-order chi connectivity index (χ1) is 11.3. The predicted molar refractivity (Wildman–Crippen MR) is 93.8 cm³/mol. The van der Waals surface area contributed by atoms with E-state index in [1.54, 1.807) is 12.1 Å². The van der Waals surface area contributed by atoms with Gasteiger partial charge in [0.15, 0.2) is 11.5 Å². The summed E-state index contributed by atoms with van der Waals surface area (Å²) in [5, 5.41) is 10.8. The molecule has 0 fully saturated rings. The zero-order valence-electron chi connectivity index (χ0n) is 12.3. The van der Waals surface area contributed by atoms with Gasteiger partial charge in [0.25, 0.3) is 0 Å². The van der Waals surface area contributed by atoms with Crippen molar-refractivity contribution in [2.75, 3.05) is 0 Å². The van der Waals surface area contributed by atoms with Crippen molar-refractivity contribution in [3.8, 4) is 28.7 Å². The summed E-state index contributed by atoms with van der Waals surface area (Å²) >= 11 is 3.45. The van der Waals surface area contributed by atoms with E-state index in [-0.39, 0.29) is 5.75 Å². The zero-order valence-corrected chi connectivity index (χ0v) is 13.9. The van der Waals surface area contributed by atoms with E-state index >= 15 is 0 Å². The van der Waals surface area contributed by atoms with Crippen molar-refractivity contribution in [1.82, 2.24) is 0 Å². The van der Waals surface area contributed by atoms with E-state index in [1.807, 2.05) is 60.7 Å². The van der Waals surface area contributed by atoms with Crippen LogP contribution < -0.4 is 9.47 Å². The monoisotopic (exact) mass is 370 g/mol. The second-order valence-corrected chi connectivity index (χ2v) is 5.43. The van der Waals surface area contributed by atoms with Gasteiger partial charge in [-0.25, -0.2) is 0 Å². The molecule has 0 atom stereocenters. The number of hydrogen-bond donors (Lipinski definition) is 1. The van der Waals surface area contributed by atoms with E-state index in [2.05, 4.69) is 15.9 Å². The number of phenolic OH excluding ortho intramolecular Hbond substituents is 1. The first kappa shape index (κ1) is 15.4. The first-order valence-corrected chi connectivity index (χ1v) is 8.26. The fourth-order valence-corrected chi connectivity index (χ4v) is 2.56. The van der Waals surface area contributed by atoms with Crippen LogP contribution in [0.3, 0.4) is 0 Å². The molecule has 0 radical (unpaired) electrons. The van der Waals surface area contributed by atoms with Crippen LogP contribution in [-0.2, 0) is 5.33 Å². The number of ether oxygens (including phenoxy) is 2. The van der Waals surface area contributed by atoms with Gasteiger partial charge in [-0.1, -0.05) is 58.4 Å². The van der Waals surface area contributed by atoms with Gasteiger partial charge in [-0.3, -0.25) is 0 Å². The van der Waals surface area contributed by atoms with Crippen LogP contribution in [-0.4, -0.2) is 5.11 Å². The molecular formula is C19H15BrO3. The van der Waals surface area contributed by atoms with E-state index in [1.165, 1.54) is 0 Å². The van der Waals surface area contributed by atoms with Crippen molar-refractivity contribution in [3.63, 3.8) is 0 Å². The van der Waals surface area contributed by atoms with Gasteiger partial charge in [-0.15, -0.1) is 0 Å². The maximum atomic E-state index is 10.2. The molecule has 3 rings (SSSR count). The Kier molecular flexibility index (Phi) is 4.83. The molecule has 0 spiro atoms. The molecule has 0 unspecified atom stereocenters. The van der Waals surface area contributed by atoms with Crippen LogP contribution in [0.1, 0.15) is 5.56 Å². The Morgan fingerprint density at radius 1 is 0.696 bits per heavy atom. The fourth-order valence-electron chi connectivity index (χ4n) is 2.12. The van der Waals surface area contributed by atoms with Crippen LogP contribution in [0.4, 0.5) is 0 Å². The molecular weight excluding hydrogens is 356 g/mol. The van der Waals surface area contributed by atoms with Gasteiger partial charge in [-0.05, 0) is 30.3 Å². The van der Waals surface area contributed by atoms with Crippen LogP contribution in [0.15, 0.2) is 72.8 Å². The lowest BCUT2D eigenvalue weighted by molar-refractivity contribution is 0.379. The number of phenols is 1. The molecule has 3 aromatic carbocycles. The Balaban J connectivity index is 2.03. The number of rotatable bonds is 5. The van der Waals surface area contributed by atoms with Crippen molar-refractivity contribution >= 4 is 15.9 Å². The number of benzene rings is 3. The molecule has 0 saturated heterocycles. The maximum absolute atomic E-state index is 10.2. The summed E-state index contributed by atoms with van der Waals surface area (Å²) in [7, 11) is 0. The summed E-state index contributed by atoms with van der Waals surface area (Å²) in [5.41, 5.74) is 0.887. The largest absolute Gasteiger partial charge is 0.504 e. The number of hydrogen-bond acceptors (Lipinski definition) is 3. The van der Waals surface area contributed by atoms with Gasteiger partial charge >= 0.3 is 0 Å². The minimum Gasteiger partial charge on any atom is -0.504 e. The molecule has 116 valence electrons. The number of aromatic hydroxyl groups is 1. The van der Waals surface area contributed by atoms with Gasteiger partial charge in [0, 0.05) is 10.9 Å². The van der Waals surface area contributed by atoms with Gasteiger partial charge in [0.05, 0.1) is 0 Å². The minimum absolute atomic E-state index is 0.0319. The summed E-state index contributed by atoms with van der Waals surface area (Å²) in [6.07, 6.45) is 0. The smallest absolute Gasteiger partial charge is 0.211 e. The lowest BCUT2D eigenvalue weighted by atomic mass is 10.2. The van der Waals surface area contributed by atoms with Crippen LogP contribution in [0.5, 0.6) is 28.7 Å². The molecule has 0 aliphatic carbocycles. The summed E-state index contributed by atoms with van der Waals surface area (Å²) in [5.74, 6) is 2.14. The fraction of sp³-hybridized carbons (Fsp3) is 0.0526. The molecule has 3 nitrogen and oxygen atoms in total. The highest BCUT2D eigenvalue weighted by molar-refractivity contribution is 9.08. The third kappa shape index (κ3) is 3.66. The van der Waals surface area contributed by atoms with E-state index < -0.39 is 0 Å². The van der Waals surface area contributed by atoms with E-state index in [0.717, 1.165) is 5.56 Å². The average molecular weight is 371 g/mol. The molecule has 3 aromatic rings. The van der Waals surface area contributed by atoms with E-state index in [4.69, 9.17) is 9.47 Å². The summed E-state index contributed by atoms with van der Waals surface area (Å²) < 4.78 is 11.8. The lowest BCUT2D eigenvalue weighted by Crippen LogP contribution is -1.95. The molecule has 0 aromatic heterocycles. The van der Waals surface area contributed by atoms with Crippen LogP contribution >= 0.6 is 15.9 Å². The number of para-hydroxylation sites is 2. The summed E-state index contributed by atoms with van der Waals surface area (Å²) in [6.45, 7) is 0. The lowest BCUT2D eigenvalue weighted by Gasteiger charge is -2.16. The third-order valence-electron chi connectivity index (χ3n) is 3.24. The normalized spacial score (nSPS) is 10.3. The number of alkyl halides is 1. The molecule has 0 amide bonds. The second kappa shape index (κ2) is 7.20. The van der Waals surface area contributed by atoms with Gasteiger partial charge in [0.2, 0.25) is 5.75 Å². The van der Waals surface area contributed by atoms with E-state index in [9.17, 15) is 5.11 Å². The first-order valence-electron chi connectivity index (χ1n) is 7.14. The van der Waals surface area contributed by atoms with Gasteiger partial charge < -0.3 is 14.6 Å². The predicted octanol–water partition coefficient (Wildman–Crippen LogP) is 5.87. The highest BCUT2D eigenvalue weighted by atomic mass is 79.9. The molecule has 23 heavy (non-hydrogen) atoms. The van der Waals surface area contributed by atoms with Crippen molar-refractivity contribution < 1.29 is 14.6 Å². The van der Waals surface area contributed by atoms with Crippen molar-refractivity contribution in [2.24, 2.45) is 0 Å². The molecule has 0 saturated carbocycles. The van der Waals surface area contributed by atoms with Crippen molar-refractivity contribution in [2.45, 2.75) is 5.33 Å². The Labute approximate surface area is 143 Å². The maximum Gasteiger partial charge on any atom is 0.211 e. The average Bonchev–Trinajstić information content (AvgIpc) is 2.60. The number of halogens is 1. The van der Waals surface area contributed by atoms with Crippen molar-refractivity contribution in [3.05, 3.63) is 78.4 Å². The summed E-state index contributed by atoms with van der Waals surface area (Å²) in [4.78, 5) is 0. The van der Waals surface area contributed by atoms with Crippen LogP contribution in [0.2, 0.25) is 0 Å². The SMILES string of the molecule is Oc1ccc(CBr)c(Oc2ccccc2)c1Oc1ccccc1. The Hall–Kier alpha value is -2.46. The second-order valence-electron chi connectivity index (χ2n) is 4.87. The molecule has 1 N–H and O–H groups in total. The standard InChI is InChI=1S/C19H15BrO3/c20-13-14-11-12-17(21)19(23-16-9-5-2-6-10-16)18(14)22-15-7-3-1-4-8-15/h1-12,21H,13H2. The van der Waals surface area contributed by atoms with Gasteiger partial charge in [0.1, 0.15) is 11.5 Å². The Bertz CT molecular complexity index is 773. The molecule has 0 aliphatic heterocycles. The molecule has 4 heteroatoms.